The summed E-state index contributed by atoms with van der Waals surface area (Å²) in [6.07, 6.45) is 4.48. The van der Waals surface area contributed by atoms with Gasteiger partial charge in [-0.1, -0.05) is 20.3 Å². The predicted octanol–water partition coefficient (Wildman–Crippen LogP) is 2.92. The molecular weight excluding hydrogens is 174 g/mol. The van der Waals surface area contributed by atoms with Crippen molar-refractivity contribution in [3.8, 4) is 0 Å². The van der Waals surface area contributed by atoms with Crippen molar-refractivity contribution in [2.45, 2.75) is 65.2 Å². The molecule has 2 unspecified atom stereocenters. The summed E-state index contributed by atoms with van der Waals surface area (Å²) < 4.78 is 5.64. The summed E-state index contributed by atoms with van der Waals surface area (Å²) in [6, 6.07) is 0.716. The third kappa shape index (κ3) is 5.61. The molecule has 0 saturated carbocycles. The van der Waals surface area contributed by atoms with Gasteiger partial charge in [-0.25, -0.2) is 0 Å². The van der Waals surface area contributed by atoms with Crippen LogP contribution in [-0.2, 0) is 4.74 Å². The van der Waals surface area contributed by atoms with Crippen LogP contribution in [0.3, 0.4) is 0 Å². The Labute approximate surface area is 89.6 Å². The van der Waals surface area contributed by atoms with E-state index in [1.807, 2.05) is 0 Å². The second-order valence-corrected chi connectivity index (χ2v) is 4.55. The lowest BCUT2D eigenvalue weighted by molar-refractivity contribution is -0.0578. The topological polar surface area (TPSA) is 12.5 Å². The Kier molecular flexibility index (Phi) is 7.20. The molecule has 0 radical (unpaired) electrons. The van der Waals surface area contributed by atoms with Crippen molar-refractivity contribution in [3.05, 3.63) is 0 Å². The number of rotatable bonds is 1. The lowest BCUT2D eigenvalue weighted by Gasteiger charge is -2.35. The molecule has 86 valence electrons. The largest absolute Gasteiger partial charge is 0.375 e. The van der Waals surface area contributed by atoms with Gasteiger partial charge in [0, 0.05) is 6.04 Å². The Morgan fingerprint density at radius 3 is 1.71 bits per heavy atom. The van der Waals surface area contributed by atoms with Gasteiger partial charge in [0.2, 0.25) is 0 Å². The van der Waals surface area contributed by atoms with Crippen molar-refractivity contribution in [3.63, 3.8) is 0 Å². The summed E-state index contributed by atoms with van der Waals surface area (Å²) in [5.41, 5.74) is 0. The Bertz CT molecular complexity index is 126. The molecule has 0 N–H and O–H groups in total. The molecular formula is C12H27NO. The maximum absolute atomic E-state index is 5.64. The number of nitrogens with zero attached hydrogens (tertiary/aromatic N) is 1. The first-order chi connectivity index (χ1) is 6.51. The summed E-state index contributed by atoms with van der Waals surface area (Å²) in [5, 5.41) is 0. The standard InChI is InChI=1S/C9H19NO.C3H8/c1-7-5-9(10(3)4)6-8(2)11-7;1-3-2/h7-9H,5-6H2,1-4H3;3H2,1-2H3. The highest BCUT2D eigenvalue weighted by atomic mass is 16.5. The van der Waals surface area contributed by atoms with Gasteiger partial charge in [0.1, 0.15) is 0 Å². The molecule has 0 amide bonds. The molecule has 1 heterocycles. The zero-order valence-electron chi connectivity index (χ0n) is 10.7. The van der Waals surface area contributed by atoms with Gasteiger partial charge in [0.05, 0.1) is 12.2 Å². The Balaban J connectivity index is 0.000000500. The van der Waals surface area contributed by atoms with Crippen LogP contribution in [0.4, 0.5) is 0 Å². The third-order valence-electron chi connectivity index (χ3n) is 2.40. The highest BCUT2D eigenvalue weighted by Crippen LogP contribution is 2.21. The molecule has 2 atom stereocenters. The molecule has 0 aromatic rings. The van der Waals surface area contributed by atoms with Gasteiger partial charge in [-0.2, -0.15) is 0 Å². The molecule has 0 aliphatic carbocycles. The van der Waals surface area contributed by atoms with Gasteiger partial charge in [0.15, 0.2) is 0 Å². The van der Waals surface area contributed by atoms with Gasteiger partial charge >= 0.3 is 0 Å². The van der Waals surface area contributed by atoms with E-state index in [0.717, 1.165) is 0 Å². The van der Waals surface area contributed by atoms with Crippen LogP contribution >= 0.6 is 0 Å². The van der Waals surface area contributed by atoms with Crippen molar-refractivity contribution < 1.29 is 4.74 Å². The average Bonchev–Trinajstić information content (AvgIpc) is 2.03. The van der Waals surface area contributed by atoms with E-state index >= 15 is 0 Å². The molecule has 1 saturated heterocycles. The van der Waals surface area contributed by atoms with Crippen molar-refractivity contribution >= 4 is 0 Å². The van der Waals surface area contributed by atoms with E-state index in [1.54, 1.807) is 0 Å². The first-order valence-corrected chi connectivity index (χ1v) is 5.83. The third-order valence-corrected chi connectivity index (χ3v) is 2.40. The number of ether oxygens (including phenoxy) is 1. The molecule has 0 bridgehead atoms. The first-order valence-electron chi connectivity index (χ1n) is 5.83. The summed E-state index contributed by atoms with van der Waals surface area (Å²) in [7, 11) is 4.30. The molecule has 1 aliphatic heterocycles. The second kappa shape index (κ2) is 7.24. The highest BCUT2D eigenvalue weighted by Gasteiger charge is 2.25. The Morgan fingerprint density at radius 1 is 1.07 bits per heavy atom. The number of hydrogen-bond acceptors (Lipinski definition) is 2. The van der Waals surface area contributed by atoms with Gasteiger partial charge in [-0.05, 0) is 40.8 Å². The zero-order chi connectivity index (χ0) is 11.1. The minimum atomic E-state index is 0.436. The molecule has 0 aromatic heterocycles. The van der Waals surface area contributed by atoms with Crippen molar-refractivity contribution in [1.82, 2.24) is 4.90 Å². The van der Waals surface area contributed by atoms with E-state index in [1.165, 1.54) is 19.3 Å². The van der Waals surface area contributed by atoms with Crippen molar-refractivity contribution in [2.75, 3.05) is 14.1 Å². The Morgan fingerprint density at radius 2 is 1.43 bits per heavy atom. The van der Waals surface area contributed by atoms with Crippen LogP contribution in [-0.4, -0.2) is 37.2 Å². The van der Waals surface area contributed by atoms with E-state index in [4.69, 9.17) is 4.74 Å². The SMILES string of the molecule is CC1CC(N(C)C)CC(C)O1.CCC. The fourth-order valence-corrected chi connectivity index (χ4v) is 1.79. The molecule has 1 aliphatic rings. The maximum atomic E-state index is 5.64. The number of hydrogen-bond donors (Lipinski definition) is 0. The lowest BCUT2D eigenvalue weighted by atomic mass is 9.99. The van der Waals surface area contributed by atoms with E-state index in [0.29, 0.717) is 18.2 Å². The summed E-state index contributed by atoms with van der Waals surface area (Å²) in [6.45, 7) is 8.57. The smallest absolute Gasteiger partial charge is 0.0565 e. The first kappa shape index (κ1) is 13.9. The summed E-state index contributed by atoms with van der Waals surface area (Å²) in [5.74, 6) is 0. The molecule has 1 fully saturated rings. The van der Waals surface area contributed by atoms with E-state index < -0.39 is 0 Å². The van der Waals surface area contributed by atoms with E-state index in [-0.39, 0.29) is 0 Å². The molecule has 0 aromatic carbocycles. The molecule has 1 rings (SSSR count). The zero-order valence-corrected chi connectivity index (χ0v) is 10.7. The maximum Gasteiger partial charge on any atom is 0.0565 e. The quantitative estimate of drug-likeness (QED) is 0.647. The predicted molar refractivity (Wildman–Crippen MR) is 62.7 cm³/mol. The van der Waals surface area contributed by atoms with Crippen LogP contribution in [0, 0.1) is 0 Å². The Hall–Kier alpha value is -0.0800. The van der Waals surface area contributed by atoms with E-state index in [9.17, 15) is 0 Å². The van der Waals surface area contributed by atoms with Crippen LogP contribution in [0.1, 0.15) is 47.0 Å². The van der Waals surface area contributed by atoms with Gasteiger partial charge in [0.25, 0.3) is 0 Å². The normalized spacial score (nSPS) is 32.4. The average molecular weight is 201 g/mol. The molecule has 14 heavy (non-hydrogen) atoms. The van der Waals surface area contributed by atoms with E-state index in [2.05, 4.69) is 46.7 Å². The van der Waals surface area contributed by atoms with Gasteiger partial charge in [-0.15, -0.1) is 0 Å². The van der Waals surface area contributed by atoms with Crippen LogP contribution in [0.15, 0.2) is 0 Å². The second-order valence-electron chi connectivity index (χ2n) is 4.55. The van der Waals surface area contributed by atoms with Crippen molar-refractivity contribution in [2.24, 2.45) is 0 Å². The lowest BCUT2D eigenvalue weighted by Crippen LogP contribution is -2.40. The fourth-order valence-electron chi connectivity index (χ4n) is 1.79. The van der Waals surface area contributed by atoms with Crippen molar-refractivity contribution in [1.29, 1.82) is 0 Å². The molecule has 0 spiro atoms. The van der Waals surface area contributed by atoms with Gasteiger partial charge in [-0.3, -0.25) is 0 Å². The molecule has 2 heteroatoms. The van der Waals surface area contributed by atoms with Crippen LogP contribution in [0.2, 0.25) is 0 Å². The minimum absolute atomic E-state index is 0.436. The minimum Gasteiger partial charge on any atom is -0.375 e. The van der Waals surface area contributed by atoms with Crippen LogP contribution in [0.5, 0.6) is 0 Å². The van der Waals surface area contributed by atoms with Crippen LogP contribution < -0.4 is 0 Å². The fraction of sp³-hybridized carbons (Fsp3) is 1.00. The van der Waals surface area contributed by atoms with Gasteiger partial charge < -0.3 is 9.64 Å². The summed E-state index contributed by atoms with van der Waals surface area (Å²) in [4.78, 5) is 2.30. The summed E-state index contributed by atoms with van der Waals surface area (Å²) >= 11 is 0. The molecule has 2 nitrogen and oxygen atoms in total. The monoisotopic (exact) mass is 201 g/mol. The van der Waals surface area contributed by atoms with Crippen LogP contribution in [0.25, 0.3) is 0 Å². The highest BCUT2D eigenvalue weighted by molar-refractivity contribution is 4.77.